The lowest BCUT2D eigenvalue weighted by Gasteiger charge is -2.38. The minimum absolute atomic E-state index is 0.00964. The summed E-state index contributed by atoms with van der Waals surface area (Å²) in [6.45, 7) is 3.49. The van der Waals surface area contributed by atoms with Crippen LogP contribution in [0.1, 0.15) is 33.3 Å². The largest absolute Gasteiger partial charge is 0.465 e. The highest BCUT2D eigenvalue weighted by Gasteiger charge is 2.35. The third-order valence-electron chi connectivity index (χ3n) is 5.35. The van der Waals surface area contributed by atoms with Crippen LogP contribution in [0.5, 0.6) is 0 Å². The molecule has 1 aliphatic rings. The van der Waals surface area contributed by atoms with Crippen molar-refractivity contribution in [2.24, 2.45) is 0 Å². The first-order valence-corrected chi connectivity index (χ1v) is 9.52. The molecule has 7 nitrogen and oxygen atoms in total. The van der Waals surface area contributed by atoms with Gasteiger partial charge in [-0.05, 0) is 17.7 Å². The monoisotopic (exact) mass is 406 g/mol. The zero-order chi connectivity index (χ0) is 21.3. The fraction of sp³-hybridized carbons (Fsp3) is 0.261. The topological polar surface area (TPSA) is 79.7 Å². The molecule has 0 amide bonds. The second-order valence-corrected chi connectivity index (χ2v) is 7.43. The van der Waals surface area contributed by atoms with Gasteiger partial charge < -0.3 is 14.2 Å². The van der Waals surface area contributed by atoms with Crippen molar-refractivity contribution in [3.05, 3.63) is 71.4 Å². The van der Waals surface area contributed by atoms with Crippen LogP contribution in [0.4, 0.5) is 0 Å². The van der Waals surface area contributed by atoms with Gasteiger partial charge in [-0.2, -0.15) is 5.10 Å². The molecule has 1 saturated heterocycles. The predicted octanol–water partition coefficient (Wildman–Crippen LogP) is 3.40. The van der Waals surface area contributed by atoms with E-state index in [1.54, 1.807) is 12.1 Å². The molecule has 0 saturated carbocycles. The third-order valence-corrected chi connectivity index (χ3v) is 5.35. The van der Waals surface area contributed by atoms with Gasteiger partial charge in [-0.25, -0.2) is 14.3 Å². The molecule has 2 aromatic carbocycles. The van der Waals surface area contributed by atoms with Gasteiger partial charge in [0.25, 0.3) is 0 Å². The van der Waals surface area contributed by atoms with Crippen LogP contribution in [0.3, 0.4) is 0 Å². The Hall–Kier alpha value is -3.45. The van der Waals surface area contributed by atoms with Crippen LogP contribution in [0, 0.1) is 0 Å². The number of aromatic nitrogens is 2. The molecule has 0 bridgehead atoms. The van der Waals surface area contributed by atoms with Crippen LogP contribution < -0.4 is 0 Å². The first kappa shape index (κ1) is 19.8. The smallest absolute Gasteiger partial charge is 0.357 e. The van der Waals surface area contributed by atoms with Crippen LogP contribution in [0.2, 0.25) is 0 Å². The highest BCUT2D eigenvalue weighted by molar-refractivity contribution is 6.06. The van der Waals surface area contributed by atoms with E-state index >= 15 is 0 Å². The molecule has 4 rings (SSSR count). The van der Waals surface area contributed by atoms with Crippen LogP contribution in [-0.4, -0.2) is 49.2 Å². The molecule has 0 radical (unpaired) electrons. The van der Waals surface area contributed by atoms with E-state index in [0.717, 1.165) is 5.56 Å². The molecule has 0 N–H and O–H groups in total. The summed E-state index contributed by atoms with van der Waals surface area (Å²) < 4.78 is 16.7. The fourth-order valence-corrected chi connectivity index (χ4v) is 3.56. The van der Waals surface area contributed by atoms with Gasteiger partial charge in [0.2, 0.25) is 0 Å². The molecule has 0 aliphatic carbocycles. The van der Waals surface area contributed by atoms with Gasteiger partial charge in [-0.3, -0.25) is 0 Å². The van der Waals surface area contributed by atoms with Crippen molar-refractivity contribution >= 4 is 11.9 Å². The number of carbonyl (C=O) groups is 2. The van der Waals surface area contributed by atoms with Crippen molar-refractivity contribution in [1.82, 2.24) is 9.78 Å². The van der Waals surface area contributed by atoms with Gasteiger partial charge >= 0.3 is 11.9 Å². The zero-order valence-corrected chi connectivity index (χ0v) is 17.0. The molecular formula is C23H22N2O5. The Bertz CT molecular complexity index is 1080. The number of ether oxygens (including phenoxy) is 3. The molecule has 1 aromatic heterocycles. The summed E-state index contributed by atoms with van der Waals surface area (Å²) in [6.07, 6.45) is 0. The number of hydrogen-bond acceptors (Lipinski definition) is 6. The highest BCUT2D eigenvalue weighted by Crippen LogP contribution is 2.34. The number of carbonyl (C=O) groups excluding carboxylic acids is 2. The Morgan fingerprint density at radius 1 is 0.967 bits per heavy atom. The standard InChI is InChI=1S/C23H22N2O5/c1-23(13-30-14-23)16-11-9-15(10-12-16)19-18(21(26)28-2)20(22(27)29-3)25(24-19)17-7-5-4-6-8-17/h4-12H,13-14H2,1-3H3. The summed E-state index contributed by atoms with van der Waals surface area (Å²) in [4.78, 5) is 25.3. The van der Waals surface area contributed by atoms with E-state index in [2.05, 4.69) is 12.0 Å². The molecule has 30 heavy (non-hydrogen) atoms. The minimum atomic E-state index is -0.672. The van der Waals surface area contributed by atoms with Gasteiger partial charge in [0.05, 0.1) is 33.1 Å². The van der Waals surface area contributed by atoms with Crippen molar-refractivity contribution in [2.75, 3.05) is 27.4 Å². The van der Waals surface area contributed by atoms with Gasteiger partial charge in [-0.1, -0.05) is 49.4 Å². The van der Waals surface area contributed by atoms with Gasteiger partial charge in [-0.15, -0.1) is 0 Å². The van der Waals surface area contributed by atoms with Crippen LogP contribution in [0.25, 0.3) is 16.9 Å². The molecular weight excluding hydrogens is 384 g/mol. The zero-order valence-electron chi connectivity index (χ0n) is 17.0. The van der Waals surface area contributed by atoms with Crippen molar-refractivity contribution in [3.63, 3.8) is 0 Å². The van der Waals surface area contributed by atoms with Gasteiger partial charge in [0.15, 0.2) is 5.69 Å². The average molecular weight is 406 g/mol. The van der Waals surface area contributed by atoms with Crippen molar-refractivity contribution in [1.29, 1.82) is 0 Å². The number of para-hydroxylation sites is 1. The molecule has 0 spiro atoms. The second kappa shape index (κ2) is 7.76. The summed E-state index contributed by atoms with van der Waals surface area (Å²) in [5.74, 6) is -1.33. The number of esters is 2. The van der Waals surface area contributed by atoms with Crippen LogP contribution in [0.15, 0.2) is 54.6 Å². The Balaban J connectivity index is 1.89. The SMILES string of the molecule is COC(=O)c1c(-c2ccc(C3(C)COC3)cc2)nn(-c2ccccc2)c1C(=O)OC. The maximum Gasteiger partial charge on any atom is 0.357 e. The summed E-state index contributed by atoms with van der Waals surface area (Å²) in [7, 11) is 2.54. The van der Waals surface area contributed by atoms with Gasteiger partial charge in [0, 0.05) is 11.0 Å². The van der Waals surface area contributed by atoms with Crippen molar-refractivity contribution in [2.45, 2.75) is 12.3 Å². The Morgan fingerprint density at radius 3 is 2.13 bits per heavy atom. The maximum atomic E-state index is 12.7. The van der Waals surface area contributed by atoms with E-state index in [0.29, 0.717) is 30.2 Å². The molecule has 7 heteroatoms. The number of rotatable bonds is 5. The lowest BCUT2D eigenvalue weighted by Crippen LogP contribution is -2.43. The number of benzene rings is 2. The quantitative estimate of drug-likeness (QED) is 0.604. The van der Waals surface area contributed by atoms with E-state index in [1.807, 2.05) is 42.5 Å². The van der Waals surface area contributed by atoms with Crippen molar-refractivity contribution in [3.8, 4) is 16.9 Å². The highest BCUT2D eigenvalue weighted by atomic mass is 16.5. The number of nitrogens with zero attached hydrogens (tertiary/aromatic N) is 2. The second-order valence-electron chi connectivity index (χ2n) is 7.43. The van der Waals surface area contributed by atoms with E-state index in [4.69, 9.17) is 14.2 Å². The molecule has 1 aliphatic heterocycles. The third kappa shape index (κ3) is 3.27. The van der Waals surface area contributed by atoms with E-state index in [9.17, 15) is 9.59 Å². The minimum Gasteiger partial charge on any atom is -0.465 e. The molecule has 2 heterocycles. The average Bonchev–Trinajstić information content (AvgIpc) is 3.17. The lowest BCUT2D eigenvalue weighted by molar-refractivity contribution is -0.0500. The molecule has 1 fully saturated rings. The van der Waals surface area contributed by atoms with Crippen molar-refractivity contribution < 1.29 is 23.8 Å². The predicted molar refractivity (Wildman–Crippen MR) is 110 cm³/mol. The first-order valence-electron chi connectivity index (χ1n) is 9.52. The van der Waals surface area contributed by atoms with E-state index < -0.39 is 11.9 Å². The van der Waals surface area contributed by atoms with E-state index in [1.165, 1.54) is 18.9 Å². The molecule has 3 aromatic rings. The van der Waals surface area contributed by atoms with Gasteiger partial charge in [0.1, 0.15) is 11.3 Å². The number of hydrogen-bond donors (Lipinski definition) is 0. The Labute approximate surface area is 174 Å². The summed E-state index contributed by atoms with van der Waals surface area (Å²) in [5, 5.41) is 4.61. The summed E-state index contributed by atoms with van der Waals surface area (Å²) in [5.41, 5.74) is 2.91. The van der Waals surface area contributed by atoms with Crippen LogP contribution in [-0.2, 0) is 19.6 Å². The molecule has 154 valence electrons. The van der Waals surface area contributed by atoms with E-state index in [-0.39, 0.29) is 16.7 Å². The first-order chi connectivity index (χ1) is 14.5. The normalized spacial score (nSPS) is 14.6. The maximum absolute atomic E-state index is 12.7. The summed E-state index contributed by atoms with van der Waals surface area (Å²) >= 11 is 0. The lowest BCUT2D eigenvalue weighted by atomic mass is 9.80. The van der Waals surface area contributed by atoms with Crippen LogP contribution >= 0.6 is 0 Å². The molecule has 0 unspecified atom stereocenters. The Morgan fingerprint density at radius 2 is 1.60 bits per heavy atom. The Kier molecular flexibility index (Phi) is 5.13. The fourth-order valence-electron chi connectivity index (χ4n) is 3.56. The summed E-state index contributed by atoms with van der Waals surface area (Å²) in [6, 6.07) is 16.9. The number of methoxy groups -OCH3 is 2. The molecule has 0 atom stereocenters.